The minimum Gasteiger partial charge on any atom is -0.478 e. The molecule has 8 heteroatoms. The van der Waals surface area contributed by atoms with Crippen LogP contribution in [-0.4, -0.2) is 33.9 Å². The number of carbonyl (C=O) groups excluding carboxylic acids is 1. The number of rotatable bonds is 9. The number of aromatic carboxylic acids is 1. The molecule has 4 aromatic rings. The number of thiazole rings is 1. The summed E-state index contributed by atoms with van der Waals surface area (Å²) in [5.41, 5.74) is 4.44. The number of carboxylic acid groups (broad SMARTS) is 1. The van der Waals surface area contributed by atoms with Crippen molar-refractivity contribution >= 4 is 56.5 Å². The second-order valence-electron chi connectivity index (χ2n) is 20.1. The van der Waals surface area contributed by atoms with Gasteiger partial charge in [0.15, 0.2) is 10.9 Å². The summed E-state index contributed by atoms with van der Waals surface area (Å²) in [7, 11) is 0. The number of aromatic nitrogens is 1. The van der Waals surface area contributed by atoms with Crippen molar-refractivity contribution < 1.29 is 14.7 Å². The topological polar surface area (TPSA) is 70.5 Å². The van der Waals surface area contributed by atoms with Crippen LogP contribution in [0.2, 0.25) is 0 Å². The molecule has 9 atom stereocenters. The Morgan fingerprint density at radius 2 is 1.60 bits per heavy atom. The molecule has 9 rings (SSSR count). The first kappa shape index (κ1) is 39.4. The third-order valence-electron chi connectivity index (χ3n) is 17.4. The largest absolute Gasteiger partial charge is 0.478 e. The van der Waals surface area contributed by atoms with Gasteiger partial charge in [-0.15, -0.1) is 34.0 Å². The number of hydrogen-bond acceptors (Lipinski definition) is 7. The van der Waals surface area contributed by atoms with Crippen molar-refractivity contribution in [1.82, 2.24) is 4.98 Å². The van der Waals surface area contributed by atoms with E-state index in [9.17, 15) is 14.7 Å². The highest BCUT2D eigenvalue weighted by Gasteiger charge is 2.71. The number of Topliss-reactive ketones (excluding diaryl/α,β-unsaturated/α-hetero) is 1. The van der Waals surface area contributed by atoms with E-state index in [1.54, 1.807) is 46.1 Å². The van der Waals surface area contributed by atoms with Crippen LogP contribution in [0.4, 0.5) is 5.13 Å². The van der Waals surface area contributed by atoms with Gasteiger partial charge >= 0.3 is 5.97 Å². The number of benzene rings is 1. The Bertz CT molecular complexity index is 2170. The van der Waals surface area contributed by atoms with E-state index in [0.29, 0.717) is 47.6 Å². The van der Waals surface area contributed by atoms with Crippen molar-refractivity contribution in [1.29, 1.82) is 0 Å². The number of fused-ring (bicyclic) bond motifs is 7. The molecule has 0 saturated heterocycles. The highest BCUT2D eigenvalue weighted by atomic mass is 32.1. The van der Waals surface area contributed by atoms with Crippen molar-refractivity contribution in [3.8, 4) is 10.6 Å². The fraction of sp³-hybridized carbons (Fsp3) is 0.571. The molecule has 4 saturated carbocycles. The zero-order valence-electron chi connectivity index (χ0n) is 34.8. The Hall–Kier alpha value is -3.07. The van der Waals surface area contributed by atoms with E-state index in [1.165, 1.54) is 54.5 Å². The van der Waals surface area contributed by atoms with Gasteiger partial charge in [0.05, 0.1) is 27.6 Å². The molecule has 3 aromatic heterocycles. The molecule has 0 spiro atoms. The van der Waals surface area contributed by atoms with E-state index in [1.807, 2.05) is 29.6 Å². The van der Waals surface area contributed by atoms with Crippen molar-refractivity contribution in [3.63, 3.8) is 0 Å². The average molecular weight is 821 g/mol. The van der Waals surface area contributed by atoms with Crippen LogP contribution >= 0.6 is 34.0 Å². The Morgan fingerprint density at radius 3 is 2.28 bits per heavy atom. The van der Waals surface area contributed by atoms with E-state index in [2.05, 4.69) is 82.3 Å². The number of anilines is 1. The van der Waals surface area contributed by atoms with Crippen LogP contribution < -0.4 is 4.90 Å². The van der Waals surface area contributed by atoms with E-state index in [4.69, 9.17) is 4.98 Å². The number of allylic oxidation sites excluding steroid dienone is 2. The van der Waals surface area contributed by atoms with E-state index in [-0.39, 0.29) is 33.0 Å². The lowest BCUT2D eigenvalue weighted by molar-refractivity contribution is -0.219. The van der Waals surface area contributed by atoms with Crippen LogP contribution in [-0.2, 0) is 0 Å². The molecule has 0 bridgehead atoms. The van der Waals surface area contributed by atoms with Crippen LogP contribution in [0.15, 0.2) is 70.7 Å². The summed E-state index contributed by atoms with van der Waals surface area (Å²) in [5, 5.41) is 17.0. The maximum atomic E-state index is 14.2. The molecule has 5 aliphatic rings. The number of hydrogen-bond donors (Lipinski definition) is 1. The van der Waals surface area contributed by atoms with Gasteiger partial charge < -0.3 is 10.0 Å². The third-order valence-corrected chi connectivity index (χ3v) is 20.1. The predicted octanol–water partition coefficient (Wildman–Crippen LogP) is 13.5. The number of carboxylic acids is 1. The fourth-order valence-electron chi connectivity index (χ4n) is 14.7. The molecule has 3 heterocycles. The molecule has 1 aromatic carbocycles. The zero-order chi connectivity index (χ0) is 40.1. The molecule has 0 aliphatic heterocycles. The summed E-state index contributed by atoms with van der Waals surface area (Å²) in [6.45, 7) is 18.4. The van der Waals surface area contributed by atoms with Crippen LogP contribution in [0.5, 0.6) is 0 Å². The molecule has 4 fully saturated rings. The quantitative estimate of drug-likeness (QED) is 0.170. The second kappa shape index (κ2) is 14.0. The number of thiophene rings is 2. The Morgan fingerprint density at radius 1 is 0.842 bits per heavy atom. The number of ketones is 1. The van der Waals surface area contributed by atoms with Gasteiger partial charge in [-0.3, -0.25) is 4.79 Å². The van der Waals surface area contributed by atoms with Gasteiger partial charge in [0, 0.05) is 10.9 Å². The van der Waals surface area contributed by atoms with E-state index < -0.39 is 5.97 Å². The third kappa shape index (κ3) is 5.87. The molecule has 0 amide bonds. The molecular formula is C49H60N2O3S3. The molecule has 5 nitrogen and oxygen atoms in total. The molecule has 3 unspecified atom stereocenters. The van der Waals surface area contributed by atoms with Crippen LogP contribution in [0, 0.1) is 57.2 Å². The molecule has 57 heavy (non-hydrogen) atoms. The molecular weight excluding hydrogens is 761 g/mol. The van der Waals surface area contributed by atoms with E-state index >= 15 is 0 Å². The monoisotopic (exact) mass is 820 g/mol. The van der Waals surface area contributed by atoms with Gasteiger partial charge in [-0.05, 0) is 161 Å². The van der Waals surface area contributed by atoms with Crippen molar-refractivity contribution in [3.05, 3.63) is 86.8 Å². The predicted molar refractivity (Wildman–Crippen MR) is 237 cm³/mol. The summed E-state index contributed by atoms with van der Waals surface area (Å²) in [6, 6.07) is 15.9. The van der Waals surface area contributed by atoms with Gasteiger partial charge in [-0.2, -0.15) is 0 Å². The lowest BCUT2D eigenvalue weighted by atomic mass is 9.32. The molecule has 5 aliphatic carbocycles. The summed E-state index contributed by atoms with van der Waals surface area (Å²) in [6.07, 6.45) is 13.3. The van der Waals surface area contributed by atoms with Crippen molar-refractivity contribution in [2.45, 2.75) is 112 Å². The normalized spacial score (nSPS) is 35.4. The van der Waals surface area contributed by atoms with Crippen molar-refractivity contribution in [2.24, 2.45) is 57.2 Å². The SMILES string of the molecule is CC(C)[C@@H]1CC[C@]2(N(CC(=O)c3cccs3)c3nc(-c4cccs4)cs3)CC[C@]3(C)[C@H](CCC4[C@@]5(C)CC=C(c6ccc(C(=O)O)cc6)C(C)(C)C5CC[C@]43C)C12. The minimum absolute atomic E-state index is 0.0159. The highest BCUT2D eigenvalue weighted by molar-refractivity contribution is 7.16. The summed E-state index contributed by atoms with van der Waals surface area (Å²) in [4.78, 5) is 35.9. The minimum atomic E-state index is -0.870. The van der Waals surface area contributed by atoms with Crippen molar-refractivity contribution in [2.75, 3.05) is 11.4 Å². The van der Waals surface area contributed by atoms with Gasteiger partial charge in [0.2, 0.25) is 0 Å². The number of nitrogens with zero attached hydrogens (tertiary/aromatic N) is 2. The standard InChI is InChI=1S/C49H60N2O3S3/c1-30(2)33-18-23-49(51(28-37(52)39-11-9-27-56-39)44-50-36(29-57-44)38-10-8-26-55-38)25-24-47(6)35(42(33)49)16-17-41-46(5)21-19-34(31-12-14-32(15-13-31)43(53)54)45(3,4)40(46)20-22-48(41,47)7/h8-15,19,26-27,29-30,33,35,40-42H,16-18,20-25,28H2,1-7H3,(H,53,54)/t33-,35+,40?,41?,42?,46-,47+,48+,49-/m0/s1. The van der Waals surface area contributed by atoms with Crippen LogP contribution in [0.1, 0.15) is 132 Å². The summed E-state index contributed by atoms with van der Waals surface area (Å²) in [5.74, 6) is 2.83. The first-order valence-electron chi connectivity index (χ1n) is 21.5. The highest BCUT2D eigenvalue weighted by Crippen LogP contribution is 2.77. The Kier molecular flexibility index (Phi) is 9.68. The van der Waals surface area contributed by atoms with E-state index in [0.717, 1.165) is 35.0 Å². The second-order valence-corrected chi connectivity index (χ2v) is 22.9. The maximum absolute atomic E-state index is 14.2. The summed E-state index contributed by atoms with van der Waals surface area (Å²) >= 11 is 5.05. The van der Waals surface area contributed by atoms with Crippen LogP contribution in [0.25, 0.3) is 16.1 Å². The lowest BCUT2D eigenvalue weighted by Crippen LogP contribution is -2.69. The first-order chi connectivity index (χ1) is 27.1. The Balaban J connectivity index is 1.09. The lowest BCUT2D eigenvalue weighted by Gasteiger charge is -2.73. The molecule has 1 N–H and O–H groups in total. The molecule has 0 radical (unpaired) electrons. The van der Waals surface area contributed by atoms with Gasteiger partial charge in [0.25, 0.3) is 0 Å². The van der Waals surface area contributed by atoms with Gasteiger partial charge in [-0.25, -0.2) is 9.78 Å². The molecule has 302 valence electrons. The fourth-order valence-corrected chi connectivity index (χ4v) is 17.0. The van der Waals surface area contributed by atoms with Crippen LogP contribution in [0.3, 0.4) is 0 Å². The first-order valence-corrected chi connectivity index (χ1v) is 24.2. The van der Waals surface area contributed by atoms with Gasteiger partial charge in [0.1, 0.15) is 0 Å². The Labute approximate surface area is 352 Å². The summed E-state index contributed by atoms with van der Waals surface area (Å²) < 4.78 is 0. The maximum Gasteiger partial charge on any atom is 0.335 e. The smallest absolute Gasteiger partial charge is 0.335 e. The zero-order valence-corrected chi connectivity index (χ0v) is 37.3. The van der Waals surface area contributed by atoms with Gasteiger partial charge in [-0.1, -0.05) is 78.8 Å². The number of carbonyl (C=O) groups is 2. The average Bonchev–Trinajstić information content (AvgIpc) is 4.01.